The normalized spacial score (nSPS) is 11.4. The lowest BCUT2D eigenvalue weighted by Crippen LogP contribution is -2.33. The molecule has 0 aliphatic heterocycles. The molecule has 0 unspecified atom stereocenters. The van der Waals surface area contributed by atoms with Crippen molar-refractivity contribution in [1.82, 2.24) is 0 Å². The van der Waals surface area contributed by atoms with Crippen LogP contribution in [0.4, 0.5) is 0 Å². The molecule has 9 heavy (non-hydrogen) atoms. The first-order chi connectivity index (χ1) is 3.92. The number of amides is 1. The molecule has 0 radical (unpaired) electrons. The molecule has 3 heteroatoms. The molecule has 0 aliphatic carbocycles. The summed E-state index contributed by atoms with van der Waals surface area (Å²) < 4.78 is 0. The maximum atomic E-state index is 10.2. The predicted octanol–water partition coefficient (Wildman–Crippen LogP) is -0.0108. The Morgan fingerprint density at radius 1 is 1.56 bits per heavy atom. The molecule has 0 bridgehead atoms. The average Bonchev–Trinajstić information content (AvgIpc) is 1.59. The number of nitrogens with two attached hydrogens (primary N) is 2. The van der Waals surface area contributed by atoms with Gasteiger partial charge in [0.25, 0.3) is 0 Å². The van der Waals surface area contributed by atoms with Crippen molar-refractivity contribution in [3.8, 4) is 0 Å². The fourth-order valence-corrected chi connectivity index (χ4v) is 0.445. The SMILES string of the molecule is CC(C)(N)CCC(N)=O. The van der Waals surface area contributed by atoms with Crippen LogP contribution >= 0.6 is 0 Å². The largest absolute Gasteiger partial charge is 0.370 e. The molecule has 0 aromatic carbocycles. The molecular formula is C6H14N2O. The van der Waals surface area contributed by atoms with Gasteiger partial charge in [0.05, 0.1) is 0 Å². The van der Waals surface area contributed by atoms with E-state index in [1.54, 1.807) is 0 Å². The molecule has 0 aromatic heterocycles. The Balaban J connectivity index is 3.39. The average molecular weight is 130 g/mol. The van der Waals surface area contributed by atoms with E-state index < -0.39 is 0 Å². The third-order valence-electron chi connectivity index (χ3n) is 1.02. The Morgan fingerprint density at radius 2 is 2.00 bits per heavy atom. The monoisotopic (exact) mass is 130 g/mol. The molecule has 0 aliphatic rings. The van der Waals surface area contributed by atoms with Gasteiger partial charge in [-0.25, -0.2) is 0 Å². The summed E-state index contributed by atoms with van der Waals surface area (Å²) in [6.45, 7) is 3.74. The van der Waals surface area contributed by atoms with Crippen molar-refractivity contribution in [3.63, 3.8) is 0 Å². The van der Waals surface area contributed by atoms with Crippen LogP contribution in [-0.4, -0.2) is 11.4 Å². The molecule has 0 saturated heterocycles. The predicted molar refractivity (Wildman–Crippen MR) is 36.7 cm³/mol. The molecular weight excluding hydrogens is 116 g/mol. The van der Waals surface area contributed by atoms with Crippen LogP contribution in [0.2, 0.25) is 0 Å². The van der Waals surface area contributed by atoms with E-state index in [9.17, 15) is 4.79 Å². The van der Waals surface area contributed by atoms with Gasteiger partial charge in [-0.1, -0.05) is 0 Å². The second-order valence-corrected chi connectivity index (χ2v) is 2.95. The smallest absolute Gasteiger partial charge is 0.217 e. The van der Waals surface area contributed by atoms with E-state index in [0.717, 1.165) is 0 Å². The van der Waals surface area contributed by atoms with E-state index >= 15 is 0 Å². The third-order valence-corrected chi connectivity index (χ3v) is 1.02. The summed E-state index contributed by atoms with van der Waals surface area (Å²) in [7, 11) is 0. The van der Waals surface area contributed by atoms with Crippen LogP contribution in [-0.2, 0) is 4.79 Å². The minimum atomic E-state index is -0.284. The van der Waals surface area contributed by atoms with Crippen molar-refractivity contribution in [2.24, 2.45) is 11.5 Å². The fourth-order valence-electron chi connectivity index (χ4n) is 0.445. The summed E-state index contributed by atoms with van der Waals surface area (Å²) in [4.78, 5) is 10.2. The number of hydrogen-bond acceptors (Lipinski definition) is 2. The van der Waals surface area contributed by atoms with E-state index in [1.807, 2.05) is 13.8 Å². The van der Waals surface area contributed by atoms with Crippen LogP contribution < -0.4 is 11.5 Å². The summed E-state index contributed by atoms with van der Waals surface area (Å²) in [5.74, 6) is -0.284. The molecule has 0 aromatic rings. The zero-order valence-corrected chi connectivity index (χ0v) is 5.98. The van der Waals surface area contributed by atoms with Gasteiger partial charge in [0.2, 0.25) is 5.91 Å². The highest BCUT2D eigenvalue weighted by Crippen LogP contribution is 2.05. The Morgan fingerprint density at radius 3 is 2.11 bits per heavy atom. The molecule has 0 rings (SSSR count). The summed E-state index contributed by atoms with van der Waals surface area (Å²) in [6, 6.07) is 0. The Bertz CT molecular complexity index is 104. The second-order valence-electron chi connectivity index (χ2n) is 2.95. The highest BCUT2D eigenvalue weighted by molar-refractivity contribution is 5.73. The minimum absolute atomic E-state index is 0.269. The van der Waals surface area contributed by atoms with Crippen molar-refractivity contribution in [3.05, 3.63) is 0 Å². The highest BCUT2D eigenvalue weighted by Gasteiger charge is 2.10. The maximum Gasteiger partial charge on any atom is 0.217 e. The van der Waals surface area contributed by atoms with E-state index in [1.165, 1.54) is 0 Å². The standard InChI is InChI=1S/C6H14N2O/c1-6(2,8)4-3-5(7)9/h3-4,8H2,1-2H3,(H2,7,9). The van der Waals surface area contributed by atoms with Crippen molar-refractivity contribution in [2.45, 2.75) is 32.2 Å². The number of carbonyl (C=O) groups excluding carboxylic acids is 1. The lowest BCUT2D eigenvalue weighted by molar-refractivity contribution is -0.118. The van der Waals surface area contributed by atoms with Gasteiger partial charge in [0.15, 0.2) is 0 Å². The van der Waals surface area contributed by atoms with E-state index in [-0.39, 0.29) is 11.4 Å². The van der Waals surface area contributed by atoms with E-state index in [2.05, 4.69) is 0 Å². The van der Waals surface area contributed by atoms with E-state index in [0.29, 0.717) is 12.8 Å². The molecule has 54 valence electrons. The molecule has 0 heterocycles. The fraction of sp³-hybridized carbons (Fsp3) is 0.833. The first-order valence-corrected chi connectivity index (χ1v) is 2.99. The molecule has 0 atom stereocenters. The molecule has 1 amide bonds. The highest BCUT2D eigenvalue weighted by atomic mass is 16.1. The van der Waals surface area contributed by atoms with Gasteiger partial charge in [-0.05, 0) is 20.3 Å². The summed E-state index contributed by atoms with van der Waals surface area (Å²) in [6.07, 6.45) is 1.03. The second kappa shape index (κ2) is 2.82. The van der Waals surface area contributed by atoms with Crippen molar-refractivity contribution in [1.29, 1.82) is 0 Å². The van der Waals surface area contributed by atoms with Gasteiger partial charge in [-0.2, -0.15) is 0 Å². The van der Waals surface area contributed by atoms with Crippen molar-refractivity contribution >= 4 is 5.91 Å². The third kappa shape index (κ3) is 7.43. The van der Waals surface area contributed by atoms with Gasteiger partial charge in [-0.15, -0.1) is 0 Å². The first-order valence-electron chi connectivity index (χ1n) is 2.99. The van der Waals surface area contributed by atoms with Crippen LogP contribution in [0, 0.1) is 0 Å². The first kappa shape index (κ1) is 8.43. The van der Waals surface area contributed by atoms with Gasteiger partial charge in [0, 0.05) is 12.0 Å². The van der Waals surface area contributed by atoms with Gasteiger partial charge in [0.1, 0.15) is 0 Å². The van der Waals surface area contributed by atoms with Crippen molar-refractivity contribution in [2.75, 3.05) is 0 Å². The summed E-state index contributed by atoms with van der Waals surface area (Å²) in [5.41, 5.74) is 10.2. The quantitative estimate of drug-likeness (QED) is 0.564. The topological polar surface area (TPSA) is 69.1 Å². The van der Waals surface area contributed by atoms with Gasteiger partial charge < -0.3 is 11.5 Å². The Hall–Kier alpha value is -0.570. The zero-order valence-electron chi connectivity index (χ0n) is 5.98. The van der Waals surface area contributed by atoms with E-state index in [4.69, 9.17) is 11.5 Å². The van der Waals surface area contributed by atoms with Crippen LogP contribution in [0.3, 0.4) is 0 Å². The lowest BCUT2D eigenvalue weighted by atomic mass is 10.0. The van der Waals surface area contributed by atoms with Gasteiger partial charge in [-0.3, -0.25) is 4.79 Å². The molecule has 4 N–H and O–H groups in total. The summed E-state index contributed by atoms with van der Waals surface area (Å²) in [5, 5.41) is 0. The number of carbonyl (C=O) groups is 1. The Labute approximate surface area is 55.4 Å². The summed E-state index contributed by atoms with van der Waals surface area (Å²) >= 11 is 0. The van der Waals surface area contributed by atoms with Crippen molar-refractivity contribution < 1.29 is 4.79 Å². The van der Waals surface area contributed by atoms with Crippen LogP contribution in [0.1, 0.15) is 26.7 Å². The lowest BCUT2D eigenvalue weighted by Gasteiger charge is -2.16. The maximum absolute atomic E-state index is 10.2. The van der Waals surface area contributed by atoms with Crippen LogP contribution in [0.25, 0.3) is 0 Å². The molecule has 0 spiro atoms. The molecule has 0 fully saturated rings. The zero-order chi connectivity index (χ0) is 7.49. The Kier molecular flexibility index (Phi) is 2.65. The van der Waals surface area contributed by atoms with Gasteiger partial charge >= 0.3 is 0 Å². The molecule has 0 saturated carbocycles. The minimum Gasteiger partial charge on any atom is -0.370 e. The number of hydrogen-bond donors (Lipinski definition) is 2. The number of primary amides is 1. The number of rotatable bonds is 3. The van der Waals surface area contributed by atoms with Crippen LogP contribution in [0.5, 0.6) is 0 Å². The molecule has 3 nitrogen and oxygen atoms in total. The van der Waals surface area contributed by atoms with Crippen LogP contribution in [0.15, 0.2) is 0 Å².